The van der Waals surface area contributed by atoms with E-state index in [1.807, 2.05) is 0 Å². The van der Waals surface area contributed by atoms with E-state index in [4.69, 9.17) is 0 Å². The zero-order valence-corrected chi connectivity index (χ0v) is 12.9. The fourth-order valence-electron chi connectivity index (χ4n) is 3.64. The van der Waals surface area contributed by atoms with Crippen molar-refractivity contribution >= 4 is 11.6 Å². The van der Waals surface area contributed by atoms with Crippen molar-refractivity contribution in [2.24, 2.45) is 11.8 Å². The van der Waals surface area contributed by atoms with E-state index in [0.29, 0.717) is 6.42 Å². The van der Waals surface area contributed by atoms with E-state index in [2.05, 4.69) is 0 Å². The van der Waals surface area contributed by atoms with E-state index in [1.165, 1.54) is 0 Å². The molecule has 2 saturated carbocycles. The highest BCUT2D eigenvalue weighted by Gasteiger charge is 2.47. The second-order valence-electron chi connectivity index (χ2n) is 6.77. The summed E-state index contributed by atoms with van der Waals surface area (Å²) in [5.41, 5.74) is -2.70. The van der Waals surface area contributed by atoms with Crippen LogP contribution in [0.15, 0.2) is 18.2 Å². The zero-order chi connectivity index (χ0) is 18.6. The molecular formula is C17H14F6O2. The Hall–Kier alpha value is -1.86. The number of hydrogen-bond donors (Lipinski definition) is 0. The lowest BCUT2D eigenvalue weighted by molar-refractivity contribution is -0.143. The summed E-state index contributed by atoms with van der Waals surface area (Å²) in [4.78, 5) is 23.0. The van der Waals surface area contributed by atoms with Crippen LogP contribution in [0.4, 0.5) is 26.3 Å². The van der Waals surface area contributed by atoms with Gasteiger partial charge in [-0.05, 0) is 47.9 Å². The molecule has 8 heteroatoms. The Labute approximate surface area is 139 Å². The lowest BCUT2D eigenvalue weighted by Crippen LogP contribution is -2.24. The topological polar surface area (TPSA) is 34.1 Å². The van der Waals surface area contributed by atoms with E-state index >= 15 is 0 Å². The molecule has 25 heavy (non-hydrogen) atoms. The largest absolute Gasteiger partial charge is 0.416 e. The normalized spacial score (nSPS) is 25.4. The number of benzene rings is 1. The van der Waals surface area contributed by atoms with Crippen LogP contribution in [0, 0.1) is 11.8 Å². The SMILES string of the molecule is O=C1CC(=O)CC([C@@H]2C[C@H]2c2cc(C(F)(F)F)cc(C(F)(F)F)c2)C1. The number of halogens is 6. The lowest BCUT2D eigenvalue weighted by atomic mass is 9.83. The Morgan fingerprint density at radius 2 is 1.28 bits per heavy atom. The van der Waals surface area contributed by atoms with Crippen LogP contribution in [-0.2, 0) is 21.9 Å². The molecule has 0 radical (unpaired) electrons. The monoisotopic (exact) mass is 364 g/mol. The number of carbonyl (C=O) groups is 2. The molecule has 0 N–H and O–H groups in total. The molecular weight excluding hydrogens is 350 g/mol. The molecule has 2 aliphatic carbocycles. The first-order valence-corrected chi connectivity index (χ1v) is 7.78. The zero-order valence-electron chi connectivity index (χ0n) is 12.9. The minimum absolute atomic E-state index is 0.0300. The van der Waals surface area contributed by atoms with E-state index < -0.39 is 29.4 Å². The lowest BCUT2D eigenvalue weighted by Gasteiger charge is -2.20. The molecule has 2 nitrogen and oxygen atoms in total. The standard InChI is InChI=1S/C17H14F6O2/c18-16(19,20)10-1-8(2-11(5-10)17(21,22)23)14-7-15(14)9-3-12(24)6-13(25)4-9/h1-2,5,9,14-15H,3-4,6-7H2/t14-,15-/m0/s1. The van der Waals surface area contributed by atoms with Gasteiger partial charge in [0.1, 0.15) is 11.6 Å². The molecule has 2 fully saturated rings. The summed E-state index contributed by atoms with van der Waals surface area (Å²) < 4.78 is 77.5. The van der Waals surface area contributed by atoms with E-state index in [0.717, 1.165) is 12.1 Å². The Balaban J connectivity index is 1.88. The summed E-state index contributed by atoms with van der Waals surface area (Å²) >= 11 is 0. The van der Waals surface area contributed by atoms with E-state index in [9.17, 15) is 35.9 Å². The van der Waals surface area contributed by atoms with Crippen LogP contribution in [-0.4, -0.2) is 11.6 Å². The molecule has 0 aromatic heterocycles. The van der Waals surface area contributed by atoms with Crippen LogP contribution in [0.2, 0.25) is 0 Å². The Morgan fingerprint density at radius 3 is 1.72 bits per heavy atom. The van der Waals surface area contributed by atoms with Crippen molar-refractivity contribution in [2.45, 2.75) is 44.0 Å². The number of rotatable bonds is 2. The molecule has 1 aromatic carbocycles. The van der Waals surface area contributed by atoms with Gasteiger partial charge in [0.25, 0.3) is 0 Å². The van der Waals surface area contributed by atoms with E-state index in [1.54, 1.807) is 0 Å². The number of Topliss-reactive ketones (excluding diaryl/α,β-unsaturated/α-hetero) is 2. The molecule has 0 amide bonds. The molecule has 0 saturated heterocycles. The second kappa shape index (κ2) is 5.85. The Morgan fingerprint density at radius 1 is 0.800 bits per heavy atom. The molecule has 2 aliphatic rings. The van der Waals surface area contributed by atoms with Gasteiger partial charge in [-0.3, -0.25) is 9.59 Å². The van der Waals surface area contributed by atoms with Crippen LogP contribution in [0.1, 0.15) is 48.3 Å². The van der Waals surface area contributed by atoms with Gasteiger partial charge in [0.05, 0.1) is 17.5 Å². The average Bonchev–Trinajstić information content (AvgIpc) is 3.24. The molecule has 0 unspecified atom stereocenters. The predicted molar refractivity (Wildman–Crippen MR) is 74.6 cm³/mol. The third-order valence-corrected chi connectivity index (χ3v) is 4.86. The van der Waals surface area contributed by atoms with Crippen molar-refractivity contribution in [3.05, 3.63) is 34.9 Å². The van der Waals surface area contributed by atoms with Gasteiger partial charge in [0.15, 0.2) is 0 Å². The molecule has 0 heterocycles. The first-order valence-electron chi connectivity index (χ1n) is 7.78. The van der Waals surface area contributed by atoms with Gasteiger partial charge in [-0.2, -0.15) is 26.3 Å². The predicted octanol–water partition coefficient (Wildman–Crippen LogP) is 4.77. The highest BCUT2D eigenvalue weighted by molar-refractivity contribution is 6.01. The smallest absolute Gasteiger partial charge is 0.299 e. The minimum Gasteiger partial charge on any atom is -0.299 e. The van der Waals surface area contributed by atoms with Crippen LogP contribution in [0.25, 0.3) is 0 Å². The molecule has 0 aliphatic heterocycles. The number of hydrogen-bond acceptors (Lipinski definition) is 2. The molecule has 3 rings (SSSR count). The first-order chi connectivity index (χ1) is 11.4. The summed E-state index contributed by atoms with van der Waals surface area (Å²) in [6, 6.07) is 1.59. The van der Waals surface area contributed by atoms with Crippen molar-refractivity contribution in [3.8, 4) is 0 Å². The van der Waals surface area contributed by atoms with Gasteiger partial charge < -0.3 is 0 Å². The highest BCUT2D eigenvalue weighted by Crippen LogP contribution is 2.55. The molecule has 0 bridgehead atoms. The summed E-state index contributed by atoms with van der Waals surface area (Å²) in [7, 11) is 0. The molecule has 2 atom stereocenters. The fraction of sp³-hybridized carbons (Fsp3) is 0.529. The highest BCUT2D eigenvalue weighted by atomic mass is 19.4. The van der Waals surface area contributed by atoms with Gasteiger partial charge in [-0.25, -0.2) is 0 Å². The van der Waals surface area contributed by atoms with Crippen LogP contribution >= 0.6 is 0 Å². The van der Waals surface area contributed by atoms with Crippen molar-refractivity contribution < 1.29 is 35.9 Å². The van der Waals surface area contributed by atoms with Crippen molar-refractivity contribution in [1.82, 2.24) is 0 Å². The number of alkyl halides is 6. The van der Waals surface area contributed by atoms with Crippen LogP contribution in [0.3, 0.4) is 0 Å². The van der Waals surface area contributed by atoms with Crippen LogP contribution < -0.4 is 0 Å². The van der Waals surface area contributed by atoms with Gasteiger partial charge >= 0.3 is 12.4 Å². The van der Waals surface area contributed by atoms with Gasteiger partial charge in [-0.15, -0.1) is 0 Å². The van der Waals surface area contributed by atoms with Gasteiger partial charge in [0.2, 0.25) is 0 Å². The van der Waals surface area contributed by atoms with Crippen LogP contribution in [0.5, 0.6) is 0 Å². The quantitative estimate of drug-likeness (QED) is 0.560. The second-order valence-corrected chi connectivity index (χ2v) is 6.77. The first kappa shape index (κ1) is 17.9. The average molecular weight is 364 g/mol. The van der Waals surface area contributed by atoms with Crippen molar-refractivity contribution in [2.75, 3.05) is 0 Å². The Bertz CT molecular complexity index is 671. The van der Waals surface area contributed by atoms with Gasteiger partial charge in [-0.1, -0.05) is 0 Å². The maximum atomic E-state index is 12.9. The van der Waals surface area contributed by atoms with Crippen molar-refractivity contribution in [1.29, 1.82) is 0 Å². The number of carbonyl (C=O) groups excluding carboxylic acids is 2. The maximum Gasteiger partial charge on any atom is 0.416 e. The fourth-order valence-corrected chi connectivity index (χ4v) is 3.64. The molecule has 0 spiro atoms. The molecule has 1 aromatic rings. The summed E-state index contributed by atoms with van der Waals surface area (Å²) in [6.07, 6.45) is -9.16. The number of ketones is 2. The maximum absolute atomic E-state index is 12.9. The summed E-state index contributed by atoms with van der Waals surface area (Å²) in [5, 5.41) is 0. The summed E-state index contributed by atoms with van der Waals surface area (Å²) in [6.45, 7) is 0. The Kier molecular flexibility index (Phi) is 4.20. The third-order valence-electron chi connectivity index (χ3n) is 4.86. The van der Waals surface area contributed by atoms with Crippen molar-refractivity contribution in [3.63, 3.8) is 0 Å². The summed E-state index contributed by atoms with van der Waals surface area (Å²) in [5.74, 6) is -1.42. The van der Waals surface area contributed by atoms with Gasteiger partial charge in [0, 0.05) is 12.8 Å². The minimum atomic E-state index is -4.88. The van der Waals surface area contributed by atoms with E-state index in [-0.39, 0.29) is 54.3 Å². The molecule has 136 valence electrons. The third kappa shape index (κ3) is 3.88.